The number of nitrogens with one attached hydrogen (secondary N) is 1. The zero-order chi connectivity index (χ0) is 18.7. The maximum absolute atomic E-state index is 13.1. The Bertz CT molecular complexity index is 891. The topological polar surface area (TPSA) is 69.0 Å². The van der Waals surface area contributed by atoms with E-state index in [2.05, 4.69) is 15.4 Å². The number of ether oxygens (including phenoxy) is 1. The van der Waals surface area contributed by atoms with Gasteiger partial charge in [-0.1, -0.05) is 12.1 Å². The molecule has 0 saturated carbocycles. The highest BCUT2D eigenvalue weighted by Gasteiger charge is 2.22. The first kappa shape index (κ1) is 18.2. The number of benzene rings is 1. The van der Waals surface area contributed by atoms with E-state index >= 15 is 0 Å². The van der Waals surface area contributed by atoms with Gasteiger partial charge in [0.2, 0.25) is 0 Å². The minimum absolute atomic E-state index is 0.284. The molecule has 0 aliphatic carbocycles. The fraction of sp³-hybridized carbons (Fsp3) is 0.278. The van der Waals surface area contributed by atoms with Crippen LogP contribution in [0.5, 0.6) is 0 Å². The molecular formula is C18H19FN4O2S. The first-order valence-electron chi connectivity index (χ1n) is 8.01. The van der Waals surface area contributed by atoms with Crippen LogP contribution in [0.15, 0.2) is 42.0 Å². The van der Waals surface area contributed by atoms with E-state index in [1.54, 1.807) is 35.5 Å². The number of hydrogen-bond donors (Lipinski definition) is 1. The van der Waals surface area contributed by atoms with E-state index in [9.17, 15) is 9.18 Å². The highest BCUT2D eigenvalue weighted by atomic mass is 32.1. The molecule has 2 heterocycles. The lowest BCUT2D eigenvalue weighted by Crippen LogP contribution is -2.37. The molecule has 0 radical (unpaired) electrons. The van der Waals surface area contributed by atoms with Crippen LogP contribution >= 0.6 is 11.3 Å². The van der Waals surface area contributed by atoms with Gasteiger partial charge in [0.1, 0.15) is 22.6 Å². The van der Waals surface area contributed by atoms with Gasteiger partial charge in [-0.15, -0.1) is 11.3 Å². The quantitative estimate of drug-likeness (QED) is 0.719. The van der Waals surface area contributed by atoms with Crippen molar-refractivity contribution in [2.45, 2.75) is 19.1 Å². The van der Waals surface area contributed by atoms with Gasteiger partial charge in [-0.05, 0) is 24.6 Å². The van der Waals surface area contributed by atoms with Crippen LogP contribution in [0, 0.1) is 5.82 Å². The number of halogens is 1. The molecule has 0 fully saturated rings. The SMILES string of the molecule is COC(c1ccc(F)cc1)C(C)NC(=O)c1csc(-c2cnn(C)c2)n1. The molecule has 0 saturated heterocycles. The lowest BCUT2D eigenvalue weighted by molar-refractivity contribution is 0.0642. The summed E-state index contributed by atoms with van der Waals surface area (Å²) < 4.78 is 20.3. The largest absolute Gasteiger partial charge is 0.375 e. The summed E-state index contributed by atoms with van der Waals surface area (Å²) in [6, 6.07) is 5.72. The number of rotatable bonds is 6. The van der Waals surface area contributed by atoms with Crippen LogP contribution in [0.2, 0.25) is 0 Å². The van der Waals surface area contributed by atoms with Gasteiger partial charge in [0.25, 0.3) is 5.91 Å². The number of carbonyl (C=O) groups is 1. The van der Waals surface area contributed by atoms with Crippen molar-refractivity contribution in [2.24, 2.45) is 7.05 Å². The van der Waals surface area contributed by atoms with Crippen molar-refractivity contribution in [3.05, 3.63) is 59.1 Å². The Morgan fingerprint density at radius 1 is 1.35 bits per heavy atom. The summed E-state index contributed by atoms with van der Waals surface area (Å²) in [5, 5.41) is 9.45. The van der Waals surface area contributed by atoms with Crippen molar-refractivity contribution in [1.29, 1.82) is 0 Å². The molecule has 6 nitrogen and oxygen atoms in total. The van der Waals surface area contributed by atoms with Crippen LogP contribution < -0.4 is 5.32 Å². The standard InChI is InChI=1S/C18H19FN4O2S/c1-11(16(25-3)12-4-6-14(19)7-5-12)21-17(24)15-10-26-18(22-15)13-8-20-23(2)9-13/h4-11,16H,1-3H3,(H,21,24). The molecule has 1 aromatic carbocycles. The third kappa shape index (κ3) is 3.97. The minimum Gasteiger partial charge on any atom is -0.375 e. The molecule has 136 valence electrons. The minimum atomic E-state index is -0.393. The predicted octanol–water partition coefficient (Wildman–Crippen LogP) is 3.19. The molecule has 2 unspecified atom stereocenters. The molecule has 26 heavy (non-hydrogen) atoms. The number of thiazole rings is 1. The van der Waals surface area contributed by atoms with Gasteiger partial charge in [0.15, 0.2) is 0 Å². The van der Waals surface area contributed by atoms with Gasteiger partial charge in [-0.2, -0.15) is 5.10 Å². The van der Waals surface area contributed by atoms with Crippen LogP contribution in [0.4, 0.5) is 4.39 Å². The Kier molecular flexibility index (Phi) is 5.43. The zero-order valence-corrected chi connectivity index (χ0v) is 15.5. The molecule has 1 N–H and O–H groups in total. The van der Waals surface area contributed by atoms with Gasteiger partial charge in [0, 0.05) is 31.3 Å². The third-order valence-electron chi connectivity index (χ3n) is 3.95. The number of amides is 1. The van der Waals surface area contributed by atoms with E-state index in [4.69, 9.17) is 4.74 Å². The van der Waals surface area contributed by atoms with Crippen LogP contribution in [-0.2, 0) is 11.8 Å². The Labute approximate surface area is 154 Å². The highest BCUT2D eigenvalue weighted by molar-refractivity contribution is 7.13. The molecule has 0 bridgehead atoms. The predicted molar refractivity (Wildman–Crippen MR) is 97.4 cm³/mol. The summed E-state index contributed by atoms with van der Waals surface area (Å²) in [6.45, 7) is 1.84. The van der Waals surface area contributed by atoms with Gasteiger partial charge < -0.3 is 10.1 Å². The maximum Gasteiger partial charge on any atom is 0.271 e. The van der Waals surface area contributed by atoms with Gasteiger partial charge in [0.05, 0.1) is 12.2 Å². The summed E-state index contributed by atoms with van der Waals surface area (Å²) >= 11 is 1.39. The Morgan fingerprint density at radius 2 is 2.08 bits per heavy atom. The Morgan fingerprint density at radius 3 is 2.69 bits per heavy atom. The average Bonchev–Trinajstić information content (AvgIpc) is 3.26. The van der Waals surface area contributed by atoms with Gasteiger partial charge >= 0.3 is 0 Å². The number of methoxy groups -OCH3 is 1. The average molecular weight is 374 g/mol. The number of hydrogen-bond acceptors (Lipinski definition) is 5. The molecule has 8 heteroatoms. The number of nitrogens with zero attached hydrogens (tertiary/aromatic N) is 3. The van der Waals surface area contributed by atoms with E-state index in [0.717, 1.165) is 16.1 Å². The monoisotopic (exact) mass is 374 g/mol. The fourth-order valence-electron chi connectivity index (χ4n) is 2.68. The maximum atomic E-state index is 13.1. The first-order chi connectivity index (χ1) is 12.5. The molecule has 0 aliphatic rings. The summed E-state index contributed by atoms with van der Waals surface area (Å²) in [4.78, 5) is 16.9. The first-order valence-corrected chi connectivity index (χ1v) is 8.89. The Balaban J connectivity index is 1.70. The number of carbonyl (C=O) groups excluding carboxylic acids is 1. The van der Waals surface area contributed by atoms with Crippen molar-refractivity contribution in [2.75, 3.05) is 7.11 Å². The molecule has 3 aromatic rings. The smallest absolute Gasteiger partial charge is 0.271 e. The fourth-order valence-corrected chi connectivity index (χ4v) is 3.46. The normalized spacial score (nSPS) is 13.4. The molecule has 2 atom stereocenters. The van der Waals surface area contributed by atoms with Crippen LogP contribution in [-0.4, -0.2) is 33.8 Å². The van der Waals surface area contributed by atoms with Crippen molar-refractivity contribution >= 4 is 17.2 Å². The second-order valence-corrected chi connectivity index (χ2v) is 6.77. The third-order valence-corrected chi connectivity index (χ3v) is 4.85. The molecule has 1 amide bonds. The van der Waals surface area contributed by atoms with Crippen molar-refractivity contribution < 1.29 is 13.9 Å². The number of aromatic nitrogens is 3. The van der Waals surface area contributed by atoms with Gasteiger partial charge in [-0.3, -0.25) is 9.48 Å². The molecule has 0 spiro atoms. The second-order valence-electron chi connectivity index (χ2n) is 5.91. The van der Waals surface area contributed by atoms with E-state index in [1.807, 2.05) is 20.2 Å². The zero-order valence-electron chi connectivity index (χ0n) is 14.6. The van der Waals surface area contributed by atoms with Crippen LogP contribution in [0.25, 0.3) is 10.6 Å². The summed E-state index contributed by atoms with van der Waals surface area (Å²) in [5.41, 5.74) is 2.00. The van der Waals surface area contributed by atoms with E-state index in [1.165, 1.54) is 23.5 Å². The summed E-state index contributed by atoms with van der Waals surface area (Å²) in [6.07, 6.45) is 3.16. The van der Waals surface area contributed by atoms with Crippen molar-refractivity contribution in [3.8, 4) is 10.6 Å². The summed E-state index contributed by atoms with van der Waals surface area (Å²) in [5.74, 6) is -0.598. The Hall–Kier alpha value is -2.58. The van der Waals surface area contributed by atoms with Crippen molar-refractivity contribution in [3.63, 3.8) is 0 Å². The lowest BCUT2D eigenvalue weighted by atomic mass is 10.0. The molecule has 0 aliphatic heterocycles. The van der Waals surface area contributed by atoms with Gasteiger partial charge in [-0.25, -0.2) is 9.37 Å². The van der Waals surface area contributed by atoms with E-state index < -0.39 is 6.10 Å². The van der Waals surface area contributed by atoms with Crippen molar-refractivity contribution in [1.82, 2.24) is 20.1 Å². The molecule has 2 aromatic heterocycles. The van der Waals surface area contributed by atoms with Crippen LogP contribution in [0.3, 0.4) is 0 Å². The second kappa shape index (κ2) is 7.76. The lowest BCUT2D eigenvalue weighted by Gasteiger charge is -2.23. The molecule has 3 rings (SSSR count). The van der Waals surface area contributed by atoms with E-state index in [-0.39, 0.29) is 17.8 Å². The number of aryl methyl sites for hydroxylation is 1. The summed E-state index contributed by atoms with van der Waals surface area (Å²) in [7, 11) is 3.38. The highest BCUT2D eigenvalue weighted by Crippen LogP contribution is 2.24. The van der Waals surface area contributed by atoms with E-state index in [0.29, 0.717) is 5.69 Å². The molecular weight excluding hydrogens is 355 g/mol. The van der Waals surface area contributed by atoms with Crippen LogP contribution in [0.1, 0.15) is 29.1 Å².